The predicted octanol–water partition coefficient (Wildman–Crippen LogP) is 16.0. The molecule has 66 heavy (non-hydrogen) atoms. The molecule has 14 rings (SSSR count). The number of nitrogens with zero attached hydrogens (tertiary/aromatic N) is 2. The van der Waals surface area contributed by atoms with E-state index < -0.39 is 10.8 Å². The van der Waals surface area contributed by atoms with Gasteiger partial charge in [0.2, 0.25) is 0 Å². The second-order valence-electron chi connectivity index (χ2n) is 18.2. The highest BCUT2D eigenvalue weighted by Gasteiger charge is 2.58. The van der Waals surface area contributed by atoms with Gasteiger partial charge in [-0.05, 0) is 147 Å². The van der Waals surface area contributed by atoms with Crippen molar-refractivity contribution in [1.29, 1.82) is 0 Å². The maximum absolute atomic E-state index is 3.96. The molecule has 2 bridgehead atoms. The molecule has 9 aromatic carbocycles. The van der Waals surface area contributed by atoms with Crippen LogP contribution in [0.5, 0.6) is 0 Å². The molecule has 0 amide bonds. The van der Waals surface area contributed by atoms with E-state index >= 15 is 0 Å². The summed E-state index contributed by atoms with van der Waals surface area (Å²) in [5.41, 5.74) is 20.0. The van der Waals surface area contributed by atoms with Gasteiger partial charge in [0, 0.05) is 56.3 Å². The van der Waals surface area contributed by atoms with E-state index in [0.29, 0.717) is 0 Å². The zero-order valence-corrected chi connectivity index (χ0v) is 36.2. The molecule has 0 aliphatic heterocycles. The number of rotatable bonds is 8. The van der Waals surface area contributed by atoms with E-state index in [1.807, 2.05) is 0 Å². The van der Waals surface area contributed by atoms with Gasteiger partial charge in [0.15, 0.2) is 0 Å². The minimum absolute atomic E-state index is 0.472. The lowest BCUT2D eigenvalue weighted by molar-refractivity contribution is 0.580. The molecule has 1 spiro atoms. The first kappa shape index (κ1) is 37.0. The number of H-pyrrole nitrogens is 1. The van der Waals surface area contributed by atoms with Crippen molar-refractivity contribution in [3.8, 4) is 11.1 Å². The van der Waals surface area contributed by atoms with Crippen LogP contribution in [0.1, 0.15) is 39.9 Å². The average Bonchev–Trinajstić information content (AvgIpc) is 4.01. The van der Waals surface area contributed by atoms with Gasteiger partial charge in [0.1, 0.15) is 0 Å². The first-order valence-corrected chi connectivity index (χ1v) is 23.0. The largest absolute Gasteiger partial charge is 0.355 e. The molecular formula is C63H43N3. The number of hydrogen-bond donors (Lipinski definition) is 1. The minimum Gasteiger partial charge on any atom is -0.355 e. The molecule has 0 saturated carbocycles. The number of benzene rings is 9. The van der Waals surface area contributed by atoms with Crippen molar-refractivity contribution in [2.24, 2.45) is 0 Å². The van der Waals surface area contributed by atoms with Crippen molar-refractivity contribution in [1.82, 2.24) is 4.98 Å². The van der Waals surface area contributed by atoms with E-state index in [-0.39, 0.29) is 0 Å². The smallest absolute Gasteiger partial charge is 0.0683 e. The number of fused-ring (bicyclic) bond motifs is 5. The standard InChI is InChI=1S/C63H43N3/c1-5-16-42(17-6-1)44-29-32-50(33-30-44)66(49-24-11-4-12-25-49)59-40-53-52-39-51(65(47-20-7-2-8-21-47)48-22-9-3-10-23-48)34-35-54(52)63(46-31-28-43-18-13-14-19-45(43)38-46)55-26-15-27-57-60(55)61-58(64-57)36-37-62(59,61)41-56(53)63/h1-40,64H,41H2. The van der Waals surface area contributed by atoms with Gasteiger partial charge in [-0.1, -0.05) is 158 Å². The van der Waals surface area contributed by atoms with Crippen LogP contribution in [0.25, 0.3) is 44.5 Å². The second-order valence-corrected chi connectivity index (χ2v) is 18.2. The Labute approximate surface area is 384 Å². The Morgan fingerprint density at radius 3 is 1.77 bits per heavy atom. The number of anilines is 5. The summed E-state index contributed by atoms with van der Waals surface area (Å²) in [4.78, 5) is 8.91. The SMILES string of the molecule is C1=CC23CC4=C(C=C2N(c2ccccc2)c2ccc(-c5ccccc5)cc2)c2cc(N(c5ccccc5)c5ccccc5)ccc2C4(c2ccc4ccccc4c2)c2cccc4[nH]c1c3c24. The van der Waals surface area contributed by atoms with E-state index in [1.54, 1.807) is 0 Å². The first-order chi connectivity index (χ1) is 32.7. The molecule has 0 radical (unpaired) electrons. The van der Waals surface area contributed by atoms with Gasteiger partial charge in [-0.3, -0.25) is 0 Å². The molecule has 4 aliphatic carbocycles. The Morgan fingerprint density at radius 2 is 1.06 bits per heavy atom. The van der Waals surface area contributed by atoms with E-state index in [4.69, 9.17) is 0 Å². The molecule has 1 N–H and O–H groups in total. The monoisotopic (exact) mass is 841 g/mol. The lowest BCUT2D eigenvalue weighted by atomic mass is 9.63. The molecule has 1 aromatic heterocycles. The van der Waals surface area contributed by atoms with Crippen molar-refractivity contribution in [2.75, 3.05) is 9.80 Å². The van der Waals surface area contributed by atoms with Gasteiger partial charge < -0.3 is 14.8 Å². The predicted molar refractivity (Wildman–Crippen MR) is 274 cm³/mol. The van der Waals surface area contributed by atoms with E-state index in [9.17, 15) is 0 Å². The summed E-state index contributed by atoms with van der Waals surface area (Å²) in [6, 6.07) is 82.8. The summed E-state index contributed by atoms with van der Waals surface area (Å²) in [7, 11) is 0. The molecule has 2 atom stereocenters. The van der Waals surface area contributed by atoms with Crippen molar-refractivity contribution in [3.05, 3.63) is 281 Å². The fraction of sp³-hybridized carbons (Fsp3) is 0.0476. The summed E-state index contributed by atoms with van der Waals surface area (Å²) in [6.07, 6.45) is 8.29. The third-order valence-electron chi connectivity index (χ3n) is 14.9. The molecule has 3 nitrogen and oxygen atoms in total. The normalized spacial score (nSPS) is 18.3. The molecule has 3 heteroatoms. The lowest BCUT2D eigenvalue weighted by Gasteiger charge is -2.43. The molecule has 10 aromatic rings. The average molecular weight is 842 g/mol. The van der Waals surface area contributed by atoms with Crippen LogP contribution in [0, 0.1) is 0 Å². The zero-order valence-electron chi connectivity index (χ0n) is 36.2. The van der Waals surface area contributed by atoms with E-state index in [2.05, 4.69) is 257 Å². The Kier molecular flexibility index (Phi) is 7.88. The highest BCUT2D eigenvalue weighted by atomic mass is 15.2. The zero-order chi connectivity index (χ0) is 43.4. The number of nitrogens with one attached hydrogen (secondary N) is 1. The van der Waals surface area contributed by atoms with Gasteiger partial charge in [0.25, 0.3) is 0 Å². The Morgan fingerprint density at radius 1 is 0.455 bits per heavy atom. The molecule has 0 fully saturated rings. The fourth-order valence-corrected chi connectivity index (χ4v) is 12.1. The third kappa shape index (κ3) is 5.14. The Hall–Kier alpha value is -8.40. The van der Waals surface area contributed by atoms with Gasteiger partial charge >= 0.3 is 0 Å². The first-order valence-electron chi connectivity index (χ1n) is 23.0. The van der Waals surface area contributed by atoms with Crippen molar-refractivity contribution < 1.29 is 0 Å². The second kappa shape index (κ2) is 14.0. The minimum atomic E-state index is -0.560. The van der Waals surface area contributed by atoms with Crippen LogP contribution in [-0.4, -0.2) is 4.98 Å². The van der Waals surface area contributed by atoms with Gasteiger partial charge in [-0.25, -0.2) is 0 Å². The number of hydrogen-bond acceptors (Lipinski definition) is 2. The molecular weight excluding hydrogens is 799 g/mol. The summed E-state index contributed by atoms with van der Waals surface area (Å²) < 4.78 is 0. The quantitative estimate of drug-likeness (QED) is 0.165. The van der Waals surface area contributed by atoms with Crippen molar-refractivity contribution in [3.63, 3.8) is 0 Å². The highest BCUT2D eigenvalue weighted by Crippen LogP contribution is 2.68. The van der Waals surface area contributed by atoms with Gasteiger partial charge in [-0.15, -0.1) is 0 Å². The van der Waals surface area contributed by atoms with Crippen molar-refractivity contribution >= 4 is 61.8 Å². The van der Waals surface area contributed by atoms with E-state index in [0.717, 1.165) is 34.9 Å². The van der Waals surface area contributed by atoms with Crippen molar-refractivity contribution in [2.45, 2.75) is 17.3 Å². The number of aromatic nitrogens is 1. The molecule has 1 heterocycles. The Balaban J connectivity index is 1.10. The van der Waals surface area contributed by atoms with Crippen LogP contribution >= 0.6 is 0 Å². The highest BCUT2D eigenvalue weighted by molar-refractivity contribution is 6.05. The maximum atomic E-state index is 3.96. The summed E-state index contributed by atoms with van der Waals surface area (Å²) in [5, 5.41) is 3.83. The van der Waals surface area contributed by atoms with Crippen LogP contribution in [-0.2, 0) is 10.8 Å². The summed E-state index contributed by atoms with van der Waals surface area (Å²) in [6.45, 7) is 0. The molecule has 2 unspecified atom stereocenters. The molecule has 0 saturated heterocycles. The van der Waals surface area contributed by atoms with Crippen LogP contribution in [0.2, 0.25) is 0 Å². The number of aromatic amines is 1. The topological polar surface area (TPSA) is 22.3 Å². The van der Waals surface area contributed by atoms with Crippen LogP contribution in [0.4, 0.5) is 28.4 Å². The summed E-state index contributed by atoms with van der Waals surface area (Å²) >= 11 is 0. The Bertz CT molecular complexity index is 3620. The van der Waals surface area contributed by atoms with Crippen LogP contribution < -0.4 is 9.80 Å². The number of para-hydroxylation sites is 3. The van der Waals surface area contributed by atoms with E-state index in [1.165, 1.54) is 83.2 Å². The van der Waals surface area contributed by atoms with Crippen LogP contribution in [0.3, 0.4) is 0 Å². The number of allylic oxidation sites excluding steroid dienone is 4. The van der Waals surface area contributed by atoms with Gasteiger partial charge in [-0.2, -0.15) is 0 Å². The summed E-state index contributed by atoms with van der Waals surface area (Å²) in [5.74, 6) is 0. The third-order valence-corrected chi connectivity index (χ3v) is 14.9. The van der Waals surface area contributed by atoms with Gasteiger partial charge in [0.05, 0.1) is 10.8 Å². The lowest BCUT2D eigenvalue weighted by Crippen LogP contribution is -2.38. The fourth-order valence-electron chi connectivity index (χ4n) is 12.1. The van der Waals surface area contributed by atoms with Crippen LogP contribution in [0.15, 0.2) is 248 Å². The maximum Gasteiger partial charge on any atom is 0.0683 e. The molecule has 310 valence electrons. The molecule has 4 aliphatic rings.